The van der Waals surface area contributed by atoms with Crippen LogP contribution in [0.5, 0.6) is 0 Å². The maximum atomic E-state index is 13.8. The normalized spacial score (nSPS) is 17.6. The number of hydrogen-bond acceptors (Lipinski definition) is 1. The van der Waals surface area contributed by atoms with Crippen LogP contribution in [-0.2, 0) is 20.0 Å². The van der Waals surface area contributed by atoms with Gasteiger partial charge in [-0.25, -0.2) is 17.6 Å². The molecule has 0 fully saturated rings. The third-order valence-corrected chi connectivity index (χ3v) is 4.14. The minimum atomic E-state index is -1.38. The van der Waals surface area contributed by atoms with E-state index in [1.165, 1.54) is 0 Å². The summed E-state index contributed by atoms with van der Waals surface area (Å²) in [6, 6.07) is 0.224. The Labute approximate surface area is 117 Å². The highest BCUT2D eigenvalue weighted by molar-refractivity contribution is 7.71. The number of hydrogen-bond donors (Lipinski definition) is 0. The van der Waals surface area contributed by atoms with Crippen molar-refractivity contribution < 1.29 is 17.6 Å². The number of imidazole rings is 1. The van der Waals surface area contributed by atoms with Crippen LogP contribution in [-0.4, -0.2) is 9.13 Å². The number of aryl methyl sites for hydroxylation is 1. The second-order valence-electron chi connectivity index (χ2n) is 4.91. The Kier molecular flexibility index (Phi) is 2.97. The number of benzene rings is 1. The Hall–Kier alpha value is -1.63. The Morgan fingerprint density at radius 3 is 2.30 bits per heavy atom. The fourth-order valence-corrected chi connectivity index (χ4v) is 2.95. The lowest BCUT2D eigenvalue weighted by Gasteiger charge is -2.13. The van der Waals surface area contributed by atoms with Crippen LogP contribution in [0.15, 0.2) is 12.3 Å². The van der Waals surface area contributed by atoms with Crippen LogP contribution in [0.2, 0.25) is 0 Å². The molecule has 0 radical (unpaired) electrons. The Morgan fingerprint density at radius 2 is 1.75 bits per heavy atom. The van der Waals surface area contributed by atoms with Gasteiger partial charge < -0.3 is 9.13 Å². The average molecular weight is 302 g/mol. The first-order valence-electron chi connectivity index (χ1n) is 5.98. The third-order valence-electron chi connectivity index (χ3n) is 3.63. The molecule has 7 heteroatoms. The summed E-state index contributed by atoms with van der Waals surface area (Å²) in [4.78, 5) is 0. The van der Waals surface area contributed by atoms with Gasteiger partial charge >= 0.3 is 0 Å². The molecule has 1 aliphatic rings. The lowest BCUT2D eigenvalue weighted by Crippen LogP contribution is -2.11. The van der Waals surface area contributed by atoms with Gasteiger partial charge in [-0.1, -0.05) is 0 Å². The predicted molar refractivity (Wildman–Crippen MR) is 67.0 cm³/mol. The molecule has 1 aromatic carbocycles. The largest absolute Gasteiger partial charge is 0.327 e. The van der Waals surface area contributed by atoms with E-state index in [-0.39, 0.29) is 12.6 Å². The molecule has 2 nitrogen and oxygen atoms in total. The highest BCUT2D eigenvalue weighted by atomic mass is 32.1. The lowest BCUT2D eigenvalue weighted by molar-refractivity contribution is 0.422. The van der Waals surface area contributed by atoms with Crippen molar-refractivity contribution >= 4 is 12.2 Å². The number of aromatic nitrogens is 2. The van der Waals surface area contributed by atoms with Crippen molar-refractivity contribution in [2.75, 3.05) is 0 Å². The number of nitrogens with zero attached hydrogens (tertiary/aromatic N) is 2. The van der Waals surface area contributed by atoms with Crippen LogP contribution in [0.3, 0.4) is 0 Å². The van der Waals surface area contributed by atoms with Crippen molar-refractivity contribution in [3.8, 4) is 0 Å². The summed E-state index contributed by atoms with van der Waals surface area (Å²) in [6.45, 7) is 0.214. The van der Waals surface area contributed by atoms with Crippen LogP contribution >= 0.6 is 12.2 Å². The zero-order chi connectivity index (χ0) is 14.6. The topological polar surface area (TPSA) is 9.86 Å². The molecular formula is C13H10F4N2S. The standard InChI is InChI=1S/C13H10F4N2S/c1-18-5-7-2-6(4-19(7)13(18)20)10-11(16)8(14)3-9(15)12(10)17/h3,5-6H,2,4H2,1H3. The first-order valence-corrected chi connectivity index (χ1v) is 6.39. The average Bonchev–Trinajstić information content (AvgIpc) is 2.89. The minimum absolute atomic E-state index is 0.214. The summed E-state index contributed by atoms with van der Waals surface area (Å²) in [5.74, 6) is -6.05. The highest BCUT2D eigenvalue weighted by Gasteiger charge is 2.31. The molecule has 0 N–H and O–H groups in total. The first kappa shape index (κ1) is 13.4. The van der Waals surface area contributed by atoms with Crippen molar-refractivity contribution in [3.63, 3.8) is 0 Å². The van der Waals surface area contributed by atoms with E-state index in [9.17, 15) is 17.6 Å². The maximum Gasteiger partial charge on any atom is 0.179 e. The molecule has 20 heavy (non-hydrogen) atoms. The van der Waals surface area contributed by atoms with Crippen molar-refractivity contribution in [2.24, 2.45) is 7.05 Å². The van der Waals surface area contributed by atoms with Gasteiger partial charge in [-0.3, -0.25) is 0 Å². The van der Waals surface area contributed by atoms with Crippen LogP contribution in [0.1, 0.15) is 17.2 Å². The Bertz CT molecular complexity index is 736. The van der Waals surface area contributed by atoms with Crippen LogP contribution in [0.4, 0.5) is 17.6 Å². The van der Waals surface area contributed by atoms with Crippen molar-refractivity contribution in [3.05, 3.63) is 51.6 Å². The molecule has 2 heterocycles. The molecular weight excluding hydrogens is 292 g/mol. The van der Waals surface area contributed by atoms with E-state index in [0.29, 0.717) is 11.2 Å². The van der Waals surface area contributed by atoms with E-state index >= 15 is 0 Å². The highest BCUT2D eigenvalue weighted by Crippen LogP contribution is 2.34. The summed E-state index contributed by atoms with van der Waals surface area (Å²) in [7, 11) is 1.77. The number of fused-ring (bicyclic) bond motifs is 1. The zero-order valence-electron chi connectivity index (χ0n) is 10.5. The van der Waals surface area contributed by atoms with E-state index in [0.717, 1.165) is 5.69 Å². The van der Waals surface area contributed by atoms with Gasteiger partial charge in [0.2, 0.25) is 0 Å². The second-order valence-corrected chi connectivity index (χ2v) is 5.27. The molecule has 0 saturated heterocycles. The first-order chi connectivity index (χ1) is 9.40. The van der Waals surface area contributed by atoms with Gasteiger partial charge in [0.1, 0.15) is 0 Å². The Balaban J connectivity index is 2.08. The number of rotatable bonds is 1. The van der Waals surface area contributed by atoms with Crippen LogP contribution < -0.4 is 0 Å². The van der Waals surface area contributed by atoms with E-state index in [1.807, 2.05) is 0 Å². The van der Waals surface area contributed by atoms with Crippen molar-refractivity contribution in [1.29, 1.82) is 0 Å². The van der Waals surface area contributed by atoms with Gasteiger partial charge in [-0.15, -0.1) is 0 Å². The maximum absolute atomic E-state index is 13.8. The van der Waals surface area contributed by atoms with E-state index in [4.69, 9.17) is 12.2 Å². The second kappa shape index (κ2) is 4.44. The van der Waals surface area contributed by atoms with Crippen LogP contribution in [0, 0.1) is 28.0 Å². The molecule has 0 aliphatic carbocycles. The molecule has 0 saturated carbocycles. The zero-order valence-corrected chi connectivity index (χ0v) is 11.3. The lowest BCUT2D eigenvalue weighted by atomic mass is 9.95. The summed E-state index contributed by atoms with van der Waals surface area (Å²) in [6.07, 6.45) is 2.05. The summed E-state index contributed by atoms with van der Waals surface area (Å²) < 4.78 is 58.0. The third kappa shape index (κ3) is 1.80. The molecule has 1 unspecified atom stereocenters. The van der Waals surface area contributed by atoms with Gasteiger partial charge in [0.25, 0.3) is 0 Å². The van der Waals surface area contributed by atoms with Gasteiger partial charge in [0, 0.05) is 43.0 Å². The smallest absolute Gasteiger partial charge is 0.179 e. The summed E-state index contributed by atoms with van der Waals surface area (Å²) in [5, 5.41) is 0. The molecule has 2 aromatic rings. The quantitative estimate of drug-likeness (QED) is 0.445. The summed E-state index contributed by atoms with van der Waals surface area (Å²) >= 11 is 5.16. The molecule has 0 amide bonds. The minimum Gasteiger partial charge on any atom is -0.327 e. The predicted octanol–water partition coefficient (Wildman–Crippen LogP) is 3.45. The van der Waals surface area contributed by atoms with Gasteiger partial charge in [-0.05, 0) is 18.6 Å². The monoisotopic (exact) mass is 302 g/mol. The molecule has 106 valence electrons. The van der Waals surface area contributed by atoms with Gasteiger partial charge in [-0.2, -0.15) is 0 Å². The SMILES string of the molecule is Cn1cc2n(c1=S)CC(c1c(F)c(F)cc(F)c1F)C2. The molecule has 0 spiro atoms. The fourth-order valence-electron chi connectivity index (χ4n) is 2.70. The molecule has 1 aromatic heterocycles. The van der Waals surface area contributed by atoms with E-state index in [1.54, 1.807) is 22.4 Å². The van der Waals surface area contributed by atoms with E-state index < -0.39 is 34.8 Å². The van der Waals surface area contributed by atoms with Crippen LogP contribution in [0.25, 0.3) is 0 Å². The van der Waals surface area contributed by atoms with Crippen molar-refractivity contribution in [2.45, 2.75) is 18.9 Å². The summed E-state index contributed by atoms with van der Waals surface area (Å²) in [5.41, 5.74) is 0.259. The molecule has 1 aliphatic heterocycles. The van der Waals surface area contributed by atoms with Crippen molar-refractivity contribution in [1.82, 2.24) is 9.13 Å². The fraction of sp³-hybridized carbons (Fsp3) is 0.308. The van der Waals surface area contributed by atoms with Gasteiger partial charge in [0.15, 0.2) is 28.0 Å². The van der Waals surface area contributed by atoms with E-state index in [2.05, 4.69) is 0 Å². The molecule has 1 atom stereocenters. The number of halogens is 4. The molecule has 0 bridgehead atoms. The Morgan fingerprint density at radius 1 is 1.15 bits per heavy atom. The molecule has 3 rings (SSSR count). The van der Waals surface area contributed by atoms with Gasteiger partial charge in [0.05, 0.1) is 0 Å².